The predicted molar refractivity (Wildman–Crippen MR) is 53.2 cm³/mol. The van der Waals surface area contributed by atoms with Crippen LogP contribution in [0.3, 0.4) is 0 Å². The summed E-state index contributed by atoms with van der Waals surface area (Å²) in [6.07, 6.45) is 1.07. The first-order valence-electron chi connectivity index (χ1n) is 4.50. The van der Waals surface area contributed by atoms with E-state index in [4.69, 9.17) is 5.73 Å². The molecule has 0 bridgehead atoms. The summed E-state index contributed by atoms with van der Waals surface area (Å²) < 4.78 is 0. The number of benzene rings is 1. The van der Waals surface area contributed by atoms with E-state index in [0.717, 1.165) is 6.42 Å². The first-order chi connectivity index (χ1) is 5.65. The number of rotatable bonds is 2. The van der Waals surface area contributed by atoms with Gasteiger partial charge in [-0.25, -0.2) is 0 Å². The fourth-order valence-electron chi connectivity index (χ4n) is 1.46. The Balaban J connectivity index is 3.12. The monoisotopic (exact) mass is 163 g/mol. The van der Waals surface area contributed by atoms with Crippen molar-refractivity contribution in [2.24, 2.45) is 5.73 Å². The van der Waals surface area contributed by atoms with Gasteiger partial charge in [0.15, 0.2) is 0 Å². The summed E-state index contributed by atoms with van der Waals surface area (Å²) in [5.41, 5.74) is 9.81. The minimum atomic E-state index is 0.153. The van der Waals surface area contributed by atoms with Gasteiger partial charge >= 0.3 is 0 Å². The minimum Gasteiger partial charge on any atom is -0.324 e. The van der Waals surface area contributed by atoms with Crippen LogP contribution in [-0.4, -0.2) is 0 Å². The summed E-state index contributed by atoms with van der Waals surface area (Å²) in [7, 11) is 0. The summed E-state index contributed by atoms with van der Waals surface area (Å²) in [4.78, 5) is 0. The van der Waals surface area contributed by atoms with Crippen molar-refractivity contribution in [2.45, 2.75) is 33.2 Å². The molecule has 1 rings (SSSR count). The number of hydrogen-bond donors (Lipinski definition) is 1. The maximum atomic E-state index is 5.86. The Kier molecular flexibility index (Phi) is 2.88. The molecule has 1 aromatic carbocycles. The van der Waals surface area contributed by atoms with E-state index >= 15 is 0 Å². The Morgan fingerprint density at radius 1 is 1.42 bits per heavy atom. The van der Waals surface area contributed by atoms with Crippen LogP contribution in [0, 0.1) is 6.92 Å². The highest BCUT2D eigenvalue weighted by molar-refractivity contribution is 5.33. The zero-order valence-electron chi connectivity index (χ0n) is 8.09. The normalized spacial score (nSPS) is 13.0. The molecule has 1 nitrogen and oxygen atoms in total. The molecule has 2 N–H and O–H groups in total. The van der Waals surface area contributed by atoms with Gasteiger partial charge < -0.3 is 5.73 Å². The molecule has 12 heavy (non-hydrogen) atoms. The molecule has 1 aromatic rings. The van der Waals surface area contributed by atoms with Crippen molar-refractivity contribution in [3.8, 4) is 0 Å². The van der Waals surface area contributed by atoms with E-state index in [1.54, 1.807) is 0 Å². The molecule has 0 saturated carbocycles. The number of hydrogen-bond acceptors (Lipinski definition) is 1. The molecule has 0 heterocycles. The van der Waals surface area contributed by atoms with Crippen LogP contribution in [0.4, 0.5) is 0 Å². The second kappa shape index (κ2) is 3.72. The Labute approximate surface area is 74.6 Å². The summed E-state index contributed by atoms with van der Waals surface area (Å²) in [5.74, 6) is 0. The van der Waals surface area contributed by atoms with Gasteiger partial charge in [0, 0.05) is 6.04 Å². The Bertz CT molecular complexity index is 264. The lowest BCUT2D eigenvalue weighted by molar-refractivity contribution is 0.799. The lowest BCUT2D eigenvalue weighted by atomic mass is 9.98. The fourth-order valence-corrected chi connectivity index (χ4v) is 1.46. The van der Waals surface area contributed by atoms with Gasteiger partial charge in [-0.05, 0) is 31.4 Å². The molecule has 0 spiro atoms. The van der Waals surface area contributed by atoms with E-state index in [1.807, 2.05) is 6.92 Å². The van der Waals surface area contributed by atoms with E-state index in [9.17, 15) is 0 Å². The van der Waals surface area contributed by atoms with Crippen LogP contribution in [0.1, 0.15) is 36.6 Å². The second-order valence-corrected chi connectivity index (χ2v) is 3.34. The topological polar surface area (TPSA) is 26.0 Å². The van der Waals surface area contributed by atoms with Gasteiger partial charge in [-0.2, -0.15) is 0 Å². The zero-order valence-corrected chi connectivity index (χ0v) is 8.09. The molecule has 0 fully saturated rings. The Morgan fingerprint density at radius 2 is 2.08 bits per heavy atom. The van der Waals surface area contributed by atoms with Gasteiger partial charge in [0.1, 0.15) is 0 Å². The fraction of sp³-hybridized carbons (Fsp3) is 0.455. The van der Waals surface area contributed by atoms with Gasteiger partial charge in [-0.1, -0.05) is 30.7 Å². The molecule has 66 valence electrons. The van der Waals surface area contributed by atoms with Crippen LogP contribution in [0.5, 0.6) is 0 Å². The third-order valence-corrected chi connectivity index (χ3v) is 2.17. The van der Waals surface area contributed by atoms with Crippen LogP contribution < -0.4 is 5.73 Å². The highest BCUT2D eigenvalue weighted by atomic mass is 14.6. The highest BCUT2D eigenvalue weighted by Crippen LogP contribution is 2.17. The first kappa shape index (κ1) is 9.27. The smallest absolute Gasteiger partial charge is 0.0268 e. The van der Waals surface area contributed by atoms with Crippen LogP contribution in [0.15, 0.2) is 18.2 Å². The van der Waals surface area contributed by atoms with E-state index in [2.05, 4.69) is 32.0 Å². The third kappa shape index (κ3) is 1.86. The van der Waals surface area contributed by atoms with Crippen molar-refractivity contribution in [1.82, 2.24) is 0 Å². The predicted octanol–water partition coefficient (Wildman–Crippen LogP) is 2.58. The van der Waals surface area contributed by atoms with Crippen LogP contribution in [0.2, 0.25) is 0 Å². The molecule has 0 radical (unpaired) electrons. The molecule has 0 aliphatic carbocycles. The average Bonchev–Trinajstić information content (AvgIpc) is 2.04. The van der Waals surface area contributed by atoms with E-state index in [1.165, 1.54) is 16.7 Å². The minimum absolute atomic E-state index is 0.153. The van der Waals surface area contributed by atoms with Crippen molar-refractivity contribution in [2.75, 3.05) is 0 Å². The van der Waals surface area contributed by atoms with Crippen LogP contribution in [-0.2, 0) is 6.42 Å². The maximum Gasteiger partial charge on any atom is 0.0268 e. The molecule has 0 aromatic heterocycles. The first-order valence-corrected chi connectivity index (χ1v) is 4.50. The summed E-state index contributed by atoms with van der Waals surface area (Å²) in [5, 5.41) is 0. The molecule has 0 amide bonds. The Hall–Kier alpha value is -0.820. The third-order valence-electron chi connectivity index (χ3n) is 2.17. The Morgan fingerprint density at radius 3 is 2.58 bits per heavy atom. The van der Waals surface area contributed by atoms with Crippen LogP contribution >= 0.6 is 0 Å². The molecular weight excluding hydrogens is 146 g/mol. The van der Waals surface area contributed by atoms with Crippen molar-refractivity contribution >= 4 is 0 Å². The van der Waals surface area contributed by atoms with Crippen molar-refractivity contribution < 1.29 is 0 Å². The molecular formula is C11H17N. The van der Waals surface area contributed by atoms with E-state index in [0.29, 0.717) is 0 Å². The van der Waals surface area contributed by atoms with E-state index in [-0.39, 0.29) is 6.04 Å². The van der Waals surface area contributed by atoms with E-state index < -0.39 is 0 Å². The van der Waals surface area contributed by atoms with Crippen molar-refractivity contribution in [3.63, 3.8) is 0 Å². The molecule has 1 heteroatoms. The largest absolute Gasteiger partial charge is 0.324 e. The average molecular weight is 163 g/mol. The lowest BCUT2D eigenvalue weighted by Crippen LogP contribution is -2.08. The standard InChI is InChI=1S/C11H17N/c1-4-10-6-5-8(2)7-11(10)9(3)12/h5-7,9H,4,12H2,1-3H3. The van der Waals surface area contributed by atoms with Crippen LogP contribution in [0.25, 0.3) is 0 Å². The highest BCUT2D eigenvalue weighted by Gasteiger charge is 2.04. The SMILES string of the molecule is CCc1ccc(C)cc1C(C)N. The summed E-state index contributed by atoms with van der Waals surface area (Å²) in [6.45, 7) is 6.30. The van der Waals surface area contributed by atoms with Gasteiger partial charge in [-0.3, -0.25) is 0 Å². The van der Waals surface area contributed by atoms with Gasteiger partial charge in [0.2, 0.25) is 0 Å². The molecule has 0 aliphatic heterocycles. The molecule has 0 aliphatic rings. The molecule has 0 saturated heterocycles. The van der Waals surface area contributed by atoms with Gasteiger partial charge in [0.25, 0.3) is 0 Å². The second-order valence-electron chi connectivity index (χ2n) is 3.34. The van der Waals surface area contributed by atoms with Crippen molar-refractivity contribution in [3.05, 3.63) is 34.9 Å². The zero-order chi connectivity index (χ0) is 9.14. The lowest BCUT2D eigenvalue weighted by Gasteiger charge is -2.11. The van der Waals surface area contributed by atoms with Crippen molar-refractivity contribution in [1.29, 1.82) is 0 Å². The maximum absolute atomic E-state index is 5.86. The molecule has 1 unspecified atom stereocenters. The van der Waals surface area contributed by atoms with Gasteiger partial charge in [0.05, 0.1) is 0 Å². The molecule has 1 atom stereocenters. The number of aryl methyl sites for hydroxylation is 2. The summed E-state index contributed by atoms with van der Waals surface area (Å²) >= 11 is 0. The van der Waals surface area contributed by atoms with Gasteiger partial charge in [-0.15, -0.1) is 0 Å². The summed E-state index contributed by atoms with van der Waals surface area (Å²) in [6, 6.07) is 6.65. The quantitative estimate of drug-likeness (QED) is 0.712. The number of nitrogens with two attached hydrogens (primary N) is 1.